The Morgan fingerprint density at radius 1 is 1.38 bits per heavy atom. The molecule has 4 atom stereocenters. The first-order valence-corrected chi connectivity index (χ1v) is 6.08. The van der Waals surface area contributed by atoms with Crippen LogP contribution in [0.15, 0.2) is 12.2 Å². The van der Waals surface area contributed by atoms with Gasteiger partial charge in [0.15, 0.2) is 0 Å². The SMILES string of the molecule is C=C(C)C(=O)OC(C)OC1CC2CCC1C2. The smallest absolute Gasteiger partial charge is 0.335 e. The molecule has 0 N–H and O–H groups in total. The molecule has 90 valence electrons. The van der Waals surface area contributed by atoms with Crippen LogP contribution in [0.2, 0.25) is 0 Å². The van der Waals surface area contributed by atoms with Crippen LogP contribution in [0.4, 0.5) is 0 Å². The van der Waals surface area contributed by atoms with E-state index in [2.05, 4.69) is 6.58 Å². The molecule has 0 heterocycles. The largest absolute Gasteiger partial charge is 0.433 e. The van der Waals surface area contributed by atoms with Crippen molar-refractivity contribution < 1.29 is 14.3 Å². The average Bonchev–Trinajstić information content (AvgIpc) is 2.78. The van der Waals surface area contributed by atoms with Crippen molar-refractivity contribution in [3.63, 3.8) is 0 Å². The van der Waals surface area contributed by atoms with Gasteiger partial charge in [0.1, 0.15) is 0 Å². The standard InChI is InChI=1S/C13H20O3/c1-8(2)13(14)16-9(3)15-12-7-10-4-5-11(12)6-10/h9-12H,1,4-7H2,2-3H3. The van der Waals surface area contributed by atoms with Crippen molar-refractivity contribution in [2.45, 2.75) is 51.9 Å². The summed E-state index contributed by atoms with van der Waals surface area (Å²) < 4.78 is 10.9. The van der Waals surface area contributed by atoms with E-state index in [1.54, 1.807) is 13.8 Å². The predicted octanol–water partition coefficient (Wildman–Crippen LogP) is 2.66. The van der Waals surface area contributed by atoms with Gasteiger partial charge in [-0.3, -0.25) is 0 Å². The quantitative estimate of drug-likeness (QED) is 0.418. The Labute approximate surface area is 96.8 Å². The molecule has 0 aromatic heterocycles. The zero-order valence-electron chi connectivity index (χ0n) is 10.1. The summed E-state index contributed by atoms with van der Waals surface area (Å²) in [6.45, 7) is 6.98. The summed E-state index contributed by atoms with van der Waals surface area (Å²) in [5.41, 5.74) is 0.420. The summed E-state index contributed by atoms with van der Waals surface area (Å²) in [4.78, 5) is 11.3. The third-order valence-corrected chi connectivity index (χ3v) is 3.66. The molecule has 0 spiro atoms. The summed E-state index contributed by atoms with van der Waals surface area (Å²) in [7, 11) is 0. The summed E-state index contributed by atoms with van der Waals surface area (Å²) >= 11 is 0. The predicted molar refractivity (Wildman–Crippen MR) is 60.7 cm³/mol. The summed E-state index contributed by atoms with van der Waals surface area (Å²) in [6.07, 6.45) is 4.91. The zero-order valence-corrected chi connectivity index (χ0v) is 10.1. The number of rotatable bonds is 4. The van der Waals surface area contributed by atoms with E-state index < -0.39 is 6.29 Å². The highest BCUT2D eigenvalue weighted by molar-refractivity contribution is 5.86. The van der Waals surface area contributed by atoms with Crippen molar-refractivity contribution in [1.29, 1.82) is 0 Å². The lowest BCUT2D eigenvalue weighted by atomic mass is 9.98. The number of carbonyl (C=O) groups is 1. The Balaban J connectivity index is 1.77. The van der Waals surface area contributed by atoms with Crippen molar-refractivity contribution in [3.8, 4) is 0 Å². The Morgan fingerprint density at radius 3 is 2.62 bits per heavy atom. The van der Waals surface area contributed by atoms with E-state index in [4.69, 9.17) is 9.47 Å². The van der Waals surface area contributed by atoms with Gasteiger partial charge in [0.2, 0.25) is 6.29 Å². The Morgan fingerprint density at radius 2 is 2.12 bits per heavy atom. The lowest BCUT2D eigenvalue weighted by Gasteiger charge is -2.25. The van der Waals surface area contributed by atoms with Gasteiger partial charge in [0.25, 0.3) is 0 Å². The van der Waals surface area contributed by atoms with Crippen LogP contribution in [0.3, 0.4) is 0 Å². The van der Waals surface area contributed by atoms with E-state index in [1.165, 1.54) is 19.3 Å². The average molecular weight is 224 g/mol. The highest BCUT2D eigenvalue weighted by Gasteiger charge is 2.41. The molecule has 0 aromatic rings. The van der Waals surface area contributed by atoms with E-state index in [-0.39, 0.29) is 5.97 Å². The third kappa shape index (κ3) is 2.46. The van der Waals surface area contributed by atoms with Crippen LogP contribution in [-0.4, -0.2) is 18.4 Å². The zero-order chi connectivity index (χ0) is 11.7. The molecule has 0 aromatic carbocycles. The number of carbonyl (C=O) groups excluding carboxylic acids is 1. The second-order valence-corrected chi connectivity index (χ2v) is 5.10. The van der Waals surface area contributed by atoms with Gasteiger partial charge in [-0.1, -0.05) is 6.58 Å². The van der Waals surface area contributed by atoms with Gasteiger partial charge in [-0.2, -0.15) is 0 Å². The normalized spacial score (nSPS) is 33.8. The molecule has 2 aliphatic carbocycles. The highest BCUT2D eigenvalue weighted by atomic mass is 16.7. The molecule has 0 saturated heterocycles. The summed E-state index contributed by atoms with van der Waals surface area (Å²) in [5, 5.41) is 0. The van der Waals surface area contributed by atoms with E-state index in [0.29, 0.717) is 17.6 Å². The van der Waals surface area contributed by atoms with Crippen LogP contribution in [-0.2, 0) is 14.3 Å². The summed E-state index contributed by atoms with van der Waals surface area (Å²) in [5.74, 6) is 1.17. The molecule has 0 amide bonds. The van der Waals surface area contributed by atoms with Gasteiger partial charge in [-0.05, 0) is 51.4 Å². The maximum atomic E-state index is 11.3. The number of fused-ring (bicyclic) bond motifs is 2. The fourth-order valence-corrected chi connectivity index (χ4v) is 2.88. The Bertz CT molecular complexity index is 298. The van der Waals surface area contributed by atoms with Gasteiger partial charge in [0, 0.05) is 5.57 Å². The molecule has 2 saturated carbocycles. The first-order chi connectivity index (χ1) is 7.56. The van der Waals surface area contributed by atoms with Gasteiger partial charge < -0.3 is 9.47 Å². The molecule has 3 heteroatoms. The molecule has 2 rings (SSSR count). The van der Waals surface area contributed by atoms with Crippen molar-refractivity contribution >= 4 is 5.97 Å². The maximum absolute atomic E-state index is 11.3. The number of hydrogen-bond donors (Lipinski definition) is 0. The molecule has 2 aliphatic rings. The second-order valence-electron chi connectivity index (χ2n) is 5.10. The minimum atomic E-state index is -0.450. The van der Waals surface area contributed by atoms with Gasteiger partial charge in [-0.25, -0.2) is 4.79 Å². The lowest BCUT2D eigenvalue weighted by molar-refractivity contribution is -0.185. The topological polar surface area (TPSA) is 35.5 Å². The second kappa shape index (κ2) is 4.58. The minimum Gasteiger partial charge on any atom is -0.433 e. The lowest BCUT2D eigenvalue weighted by Crippen LogP contribution is -2.28. The van der Waals surface area contributed by atoms with Crippen LogP contribution in [0.5, 0.6) is 0 Å². The van der Waals surface area contributed by atoms with E-state index in [9.17, 15) is 4.79 Å². The monoisotopic (exact) mass is 224 g/mol. The Kier molecular flexibility index (Phi) is 3.33. The van der Waals surface area contributed by atoms with Gasteiger partial charge in [0.05, 0.1) is 6.10 Å². The molecule has 4 unspecified atom stereocenters. The van der Waals surface area contributed by atoms with Crippen molar-refractivity contribution in [2.24, 2.45) is 11.8 Å². The fraction of sp³-hybridized carbons (Fsp3) is 0.769. The molecule has 2 fully saturated rings. The number of ether oxygens (including phenoxy) is 2. The third-order valence-electron chi connectivity index (χ3n) is 3.66. The van der Waals surface area contributed by atoms with Crippen molar-refractivity contribution in [3.05, 3.63) is 12.2 Å². The maximum Gasteiger partial charge on any atom is 0.335 e. The van der Waals surface area contributed by atoms with Crippen LogP contribution in [0.1, 0.15) is 39.5 Å². The summed E-state index contributed by atoms with van der Waals surface area (Å²) in [6, 6.07) is 0. The van der Waals surface area contributed by atoms with E-state index in [1.807, 2.05) is 0 Å². The van der Waals surface area contributed by atoms with E-state index in [0.717, 1.165) is 12.3 Å². The number of esters is 1. The van der Waals surface area contributed by atoms with Crippen LogP contribution in [0, 0.1) is 11.8 Å². The molecule has 2 bridgehead atoms. The highest BCUT2D eigenvalue weighted by Crippen LogP contribution is 2.46. The molecule has 16 heavy (non-hydrogen) atoms. The van der Waals surface area contributed by atoms with E-state index >= 15 is 0 Å². The van der Waals surface area contributed by atoms with Crippen LogP contribution in [0.25, 0.3) is 0 Å². The van der Waals surface area contributed by atoms with Crippen molar-refractivity contribution in [2.75, 3.05) is 0 Å². The van der Waals surface area contributed by atoms with Gasteiger partial charge in [-0.15, -0.1) is 0 Å². The minimum absolute atomic E-state index is 0.298. The van der Waals surface area contributed by atoms with Crippen molar-refractivity contribution in [1.82, 2.24) is 0 Å². The first kappa shape index (κ1) is 11.6. The Hall–Kier alpha value is -0.830. The molecular weight excluding hydrogens is 204 g/mol. The first-order valence-electron chi connectivity index (χ1n) is 6.08. The number of hydrogen-bond acceptors (Lipinski definition) is 3. The van der Waals surface area contributed by atoms with Crippen LogP contribution < -0.4 is 0 Å². The molecular formula is C13H20O3. The molecule has 0 radical (unpaired) electrons. The fourth-order valence-electron chi connectivity index (χ4n) is 2.88. The van der Waals surface area contributed by atoms with Crippen LogP contribution >= 0.6 is 0 Å². The van der Waals surface area contributed by atoms with Gasteiger partial charge >= 0.3 is 5.97 Å². The molecule has 3 nitrogen and oxygen atoms in total. The molecule has 0 aliphatic heterocycles.